The molecule has 1 fully saturated rings. The molecule has 1 aromatic heterocycles. The number of imidazole rings is 1. The molecule has 1 aliphatic carbocycles. The summed E-state index contributed by atoms with van der Waals surface area (Å²) < 4.78 is 21.1. The van der Waals surface area contributed by atoms with Crippen LogP contribution in [0, 0.1) is 5.82 Å². The molecule has 1 aliphatic rings. The Bertz CT molecular complexity index is 881. The lowest BCUT2D eigenvalue weighted by Crippen LogP contribution is -2.35. The fourth-order valence-corrected chi connectivity index (χ4v) is 2.94. The number of carbonyl (C=O) groups is 2. The Morgan fingerprint density at radius 1 is 1.38 bits per heavy atom. The highest BCUT2D eigenvalue weighted by Gasteiger charge is 2.33. The van der Waals surface area contributed by atoms with Gasteiger partial charge < -0.3 is 19.7 Å². The molecular weight excluding hydrogens is 341 g/mol. The van der Waals surface area contributed by atoms with Gasteiger partial charge in [0.15, 0.2) is 0 Å². The zero-order valence-corrected chi connectivity index (χ0v) is 15.2. The third kappa shape index (κ3) is 3.49. The Balaban J connectivity index is 2.04. The molecule has 0 saturated heterocycles. The van der Waals surface area contributed by atoms with Crippen molar-refractivity contribution in [1.82, 2.24) is 14.9 Å². The van der Waals surface area contributed by atoms with Crippen molar-refractivity contribution in [3.05, 3.63) is 29.3 Å². The third-order valence-corrected chi connectivity index (χ3v) is 4.07. The van der Waals surface area contributed by atoms with Crippen LogP contribution in [0.4, 0.5) is 9.18 Å². The number of rotatable bonds is 4. The van der Waals surface area contributed by atoms with Crippen molar-refractivity contribution in [1.29, 1.82) is 0 Å². The summed E-state index contributed by atoms with van der Waals surface area (Å²) in [7, 11) is 0. The van der Waals surface area contributed by atoms with Gasteiger partial charge in [-0.3, -0.25) is 0 Å². The molecule has 1 heterocycles. The fraction of sp³-hybridized carbons (Fsp3) is 0.500. The third-order valence-electron chi connectivity index (χ3n) is 4.07. The van der Waals surface area contributed by atoms with E-state index in [0.717, 1.165) is 18.9 Å². The highest BCUT2D eigenvalue weighted by molar-refractivity contribution is 6.01. The van der Waals surface area contributed by atoms with E-state index in [1.807, 2.05) is 0 Å². The lowest BCUT2D eigenvalue weighted by molar-refractivity contribution is 0.0504. The van der Waals surface area contributed by atoms with Crippen molar-refractivity contribution in [3.63, 3.8) is 0 Å². The van der Waals surface area contributed by atoms with Crippen LogP contribution in [0.2, 0.25) is 0 Å². The van der Waals surface area contributed by atoms with Gasteiger partial charge in [0, 0.05) is 6.04 Å². The predicted molar refractivity (Wildman–Crippen MR) is 92.7 cm³/mol. The normalized spacial score (nSPS) is 15.7. The summed E-state index contributed by atoms with van der Waals surface area (Å²) in [5.74, 6) is -1.65. The highest BCUT2D eigenvalue weighted by atomic mass is 19.1. The zero-order valence-electron chi connectivity index (χ0n) is 15.2. The Kier molecular flexibility index (Phi) is 4.37. The topological polar surface area (TPSA) is 93.4 Å². The van der Waals surface area contributed by atoms with Gasteiger partial charge in [-0.2, -0.15) is 0 Å². The minimum Gasteiger partial charge on any atom is -0.478 e. The van der Waals surface area contributed by atoms with Crippen molar-refractivity contribution in [3.8, 4) is 0 Å². The second-order valence-electron chi connectivity index (χ2n) is 7.53. The Morgan fingerprint density at radius 3 is 2.58 bits per heavy atom. The maximum Gasteiger partial charge on any atom is 0.408 e. The van der Waals surface area contributed by atoms with Crippen molar-refractivity contribution in [2.24, 2.45) is 0 Å². The molecule has 2 N–H and O–H groups in total. The van der Waals surface area contributed by atoms with Crippen LogP contribution in [0.1, 0.15) is 68.8 Å². The molecule has 3 rings (SSSR count). The van der Waals surface area contributed by atoms with Crippen molar-refractivity contribution in [2.45, 2.75) is 58.2 Å². The summed E-state index contributed by atoms with van der Waals surface area (Å²) in [6.07, 6.45) is 1.12. The fourth-order valence-electron chi connectivity index (χ4n) is 2.94. The number of alkyl carbamates (subject to hydrolysis) is 1. The average Bonchev–Trinajstić information content (AvgIpc) is 3.25. The number of carboxylic acids is 1. The summed E-state index contributed by atoms with van der Waals surface area (Å²) in [5, 5.41) is 12.2. The molecule has 7 nitrogen and oxygen atoms in total. The molecule has 1 amide bonds. The SMILES string of the molecule is C[C@H](NC(=O)OC(C)(C)C)c1nc2ccc(F)c(C(=O)O)c2n1C1CC1. The molecular formula is C18H22FN3O4. The first kappa shape index (κ1) is 18.2. The monoisotopic (exact) mass is 363 g/mol. The second-order valence-corrected chi connectivity index (χ2v) is 7.53. The first-order valence-corrected chi connectivity index (χ1v) is 8.51. The molecule has 8 heteroatoms. The number of nitrogens with zero attached hydrogens (tertiary/aromatic N) is 2. The Morgan fingerprint density at radius 2 is 2.04 bits per heavy atom. The van der Waals surface area contributed by atoms with E-state index in [-0.39, 0.29) is 11.6 Å². The van der Waals surface area contributed by atoms with E-state index in [1.54, 1.807) is 32.3 Å². The number of carboxylic acid groups (broad SMARTS) is 1. The Hall–Kier alpha value is -2.64. The van der Waals surface area contributed by atoms with Gasteiger partial charge in [-0.15, -0.1) is 0 Å². The van der Waals surface area contributed by atoms with Crippen LogP contribution in [-0.4, -0.2) is 32.3 Å². The molecule has 140 valence electrons. The van der Waals surface area contributed by atoms with Gasteiger partial charge in [0.05, 0.1) is 17.1 Å². The van der Waals surface area contributed by atoms with Crippen LogP contribution in [0.3, 0.4) is 0 Å². The molecule has 1 aromatic carbocycles. The number of carbonyl (C=O) groups excluding carboxylic acids is 1. The van der Waals surface area contributed by atoms with Crippen molar-refractivity contribution >= 4 is 23.1 Å². The van der Waals surface area contributed by atoms with Crippen molar-refractivity contribution in [2.75, 3.05) is 0 Å². The number of aromatic carboxylic acids is 1. The van der Waals surface area contributed by atoms with Crippen LogP contribution in [-0.2, 0) is 4.74 Å². The summed E-state index contributed by atoms with van der Waals surface area (Å²) >= 11 is 0. The number of hydrogen-bond acceptors (Lipinski definition) is 4. The summed E-state index contributed by atoms with van der Waals surface area (Å²) in [5.41, 5.74) is -0.381. The first-order chi connectivity index (χ1) is 12.1. The molecule has 0 radical (unpaired) electrons. The quantitative estimate of drug-likeness (QED) is 0.862. The zero-order chi connectivity index (χ0) is 19.2. The molecule has 0 spiro atoms. The summed E-state index contributed by atoms with van der Waals surface area (Å²) in [6.45, 7) is 7.02. The molecule has 1 saturated carbocycles. The van der Waals surface area contributed by atoms with Gasteiger partial charge in [-0.1, -0.05) is 0 Å². The lowest BCUT2D eigenvalue weighted by atomic mass is 10.1. The van der Waals surface area contributed by atoms with Gasteiger partial charge in [0.2, 0.25) is 0 Å². The van der Waals surface area contributed by atoms with E-state index < -0.39 is 35.1 Å². The molecule has 2 aromatic rings. The van der Waals surface area contributed by atoms with Crippen LogP contribution in [0.25, 0.3) is 11.0 Å². The minimum atomic E-state index is -1.34. The number of hydrogen-bond donors (Lipinski definition) is 2. The van der Waals surface area contributed by atoms with Gasteiger partial charge in [0.25, 0.3) is 0 Å². The van der Waals surface area contributed by atoms with Gasteiger partial charge in [0.1, 0.15) is 22.8 Å². The van der Waals surface area contributed by atoms with Crippen LogP contribution in [0.5, 0.6) is 0 Å². The number of aromatic nitrogens is 2. The molecule has 0 unspecified atom stereocenters. The molecule has 1 atom stereocenters. The molecule has 26 heavy (non-hydrogen) atoms. The van der Waals surface area contributed by atoms with Crippen LogP contribution in [0.15, 0.2) is 12.1 Å². The highest BCUT2D eigenvalue weighted by Crippen LogP contribution is 2.41. The summed E-state index contributed by atoms with van der Waals surface area (Å²) in [4.78, 5) is 28.1. The standard InChI is InChI=1S/C18H22FN3O4/c1-9(20-17(25)26-18(2,3)4)15-21-12-8-7-11(19)13(16(23)24)14(12)22(15)10-5-6-10/h7-10H,5-6H2,1-4H3,(H,20,25)(H,23,24)/t9-/m0/s1. The maximum atomic E-state index is 14.1. The predicted octanol–water partition coefficient (Wildman–Crippen LogP) is 3.79. The number of ether oxygens (including phenoxy) is 1. The van der Waals surface area contributed by atoms with E-state index in [9.17, 15) is 19.1 Å². The van der Waals surface area contributed by atoms with Crippen molar-refractivity contribution < 1.29 is 23.8 Å². The number of amides is 1. The molecule has 0 bridgehead atoms. The van der Waals surface area contributed by atoms with E-state index in [1.165, 1.54) is 6.07 Å². The number of nitrogens with one attached hydrogen (secondary N) is 1. The summed E-state index contributed by atoms with van der Waals surface area (Å²) in [6, 6.07) is 2.09. The number of halogens is 1. The van der Waals surface area contributed by atoms with Crippen LogP contribution < -0.4 is 5.32 Å². The first-order valence-electron chi connectivity index (χ1n) is 8.51. The number of fused-ring (bicyclic) bond motifs is 1. The Labute approximate surface area is 150 Å². The average molecular weight is 363 g/mol. The minimum absolute atomic E-state index is 0.0535. The molecule has 0 aliphatic heterocycles. The van der Waals surface area contributed by atoms with E-state index in [4.69, 9.17) is 4.74 Å². The van der Waals surface area contributed by atoms with Gasteiger partial charge >= 0.3 is 12.1 Å². The number of benzene rings is 1. The van der Waals surface area contributed by atoms with Crippen LogP contribution >= 0.6 is 0 Å². The maximum absolute atomic E-state index is 14.1. The lowest BCUT2D eigenvalue weighted by Gasteiger charge is -2.22. The largest absolute Gasteiger partial charge is 0.478 e. The van der Waals surface area contributed by atoms with Gasteiger partial charge in [-0.25, -0.2) is 19.0 Å². The van der Waals surface area contributed by atoms with E-state index >= 15 is 0 Å². The smallest absolute Gasteiger partial charge is 0.408 e. The van der Waals surface area contributed by atoms with E-state index in [2.05, 4.69) is 10.3 Å². The second kappa shape index (κ2) is 6.26. The van der Waals surface area contributed by atoms with E-state index in [0.29, 0.717) is 11.3 Å². The van der Waals surface area contributed by atoms with Gasteiger partial charge in [-0.05, 0) is 52.7 Å².